The largest absolute Gasteiger partial charge is 0.360 e. The van der Waals surface area contributed by atoms with Crippen LogP contribution in [0.3, 0.4) is 0 Å². The Morgan fingerprint density at radius 1 is 1.22 bits per heavy atom. The molecule has 0 aromatic carbocycles. The van der Waals surface area contributed by atoms with E-state index in [9.17, 15) is 8.42 Å². The van der Waals surface area contributed by atoms with E-state index in [4.69, 9.17) is 4.52 Å². The van der Waals surface area contributed by atoms with Crippen molar-refractivity contribution in [3.63, 3.8) is 0 Å². The Morgan fingerprint density at radius 3 is 2.50 bits per heavy atom. The van der Waals surface area contributed by atoms with Gasteiger partial charge in [-0.15, -0.1) is 0 Å². The lowest BCUT2D eigenvalue weighted by Gasteiger charge is -2.07. The first kappa shape index (κ1) is 12.6. The summed E-state index contributed by atoms with van der Waals surface area (Å²) in [5.41, 5.74) is 1.62. The Morgan fingerprint density at radius 2 is 1.94 bits per heavy atom. The zero-order chi connectivity index (χ0) is 13.3. The van der Waals surface area contributed by atoms with E-state index in [0.717, 1.165) is 5.56 Å². The number of nitrogens with one attached hydrogen (secondary N) is 1. The number of pyridine rings is 1. The number of nitrogens with zero attached hydrogens (tertiary/aromatic N) is 2. The number of sulfonamides is 1. The van der Waals surface area contributed by atoms with Crippen LogP contribution in [0.1, 0.15) is 17.0 Å². The van der Waals surface area contributed by atoms with Gasteiger partial charge >= 0.3 is 0 Å². The van der Waals surface area contributed by atoms with Crippen LogP contribution in [-0.2, 0) is 10.0 Å². The van der Waals surface area contributed by atoms with E-state index in [2.05, 4.69) is 14.9 Å². The first-order chi connectivity index (χ1) is 8.40. The topological polar surface area (TPSA) is 85.1 Å². The van der Waals surface area contributed by atoms with E-state index in [1.165, 1.54) is 6.20 Å². The molecule has 0 amide bonds. The van der Waals surface area contributed by atoms with E-state index in [0.29, 0.717) is 11.4 Å². The molecule has 0 atom stereocenters. The minimum atomic E-state index is -3.69. The van der Waals surface area contributed by atoms with Gasteiger partial charge in [0.15, 0.2) is 10.7 Å². The number of aryl methyl sites for hydroxylation is 3. The van der Waals surface area contributed by atoms with E-state index in [1.807, 2.05) is 6.92 Å². The molecule has 0 unspecified atom stereocenters. The average molecular weight is 267 g/mol. The summed E-state index contributed by atoms with van der Waals surface area (Å²) >= 11 is 0. The van der Waals surface area contributed by atoms with Crippen molar-refractivity contribution in [3.8, 4) is 0 Å². The standard InChI is InChI=1S/C11H13N3O3S/c1-7-4-10(6-12-5-7)14-18(15,16)11-8(2)13-17-9(11)3/h4-6,14H,1-3H3. The second kappa shape index (κ2) is 4.41. The molecule has 2 rings (SSSR count). The van der Waals surface area contributed by atoms with E-state index in [-0.39, 0.29) is 10.7 Å². The van der Waals surface area contributed by atoms with Crippen LogP contribution in [-0.4, -0.2) is 18.6 Å². The summed E-state index contributed by atoms with van der Waals surface area (Å²) in [6.07, 6.45) is 3.09. The molecular weight excluding hydrogens is 254 g/mol. The molecule has 18 heavy (non-hydrogen) atoms. The highest BCUT2D eigenvalue weighted by atomic mass is 32.2. The highest BCUT2D eigenvalue weighted by Crippen LogP contribution is 2.22. The minimum Gasteiger partial charge on any atom is -0.360 e. The van der Waals surface area contributed by atoms with Crippen molar-refractivity contribution >= 4 is 15.7 Å². The van der Waals surface area contributed by atoms with Crippen molar-refractivity contribution in [1.29, 1.82) is 0 Å². The molecule has 0 fully saturated rings. The Hall–Kier alpha value is -1.89. The quantitative estimate of drug-likeness (QED) is 0.916. The van der Waals surface area contributed by atoms with Gasteiger partial charge in [-0.2, -0.15) is 0 Å². The highest BCUT2D eigenvalue weighted by molar-refractivity contribution is 7.92. The lowest BCUT2D eigenvalue weighted by atomic mass is 10.3. The summed E-state index contributed by atoms with van der Waals surface area (Å²) in [5, 5.41) is 3.63. The number of anilines is 1. The molecular formula is C11H13N3O3S. The van der Waals surface area contributed by atoms with Crippen molar-refractivity contribution in [2.45, 2.75) is 25.7 Å². The monoisotopic (exact) mass is 267 g/mol. The van der Waals surface area contributed by atoms with Gasteiger partial charge in [-0.25, -0.2) is 8.42 Å². The molecule has 6 nitrogen and oxygen atoms in total. The van der Waals surface area contributed by atoms with Crippen LogP contribution < -0.4 is 4.72 Å². The maximum absolute atomic E-state index is 12.2. The molecule has 96 valence electrons. The van der Waals surface area contributed by atoms with Crippen molar-refractivity contribution < 1.29 is 12.9 Å². The summed E-state index contributed by atoms with van der Waals surface area (Å²) in [6.45, 7) is 4.98. The van der Waals surface area contributed by atoms with E-state index in [1.54, 1.807) is 26.1 Å². The molecule has 2 aromatic heterocycles. The summed E-state index contributed by atoms with van der Waals surface area (Å²) in [5.74, 6) is 0.264. The zero-order valence-electron chi connectivity index (χ0n) is 10.3. The predicted octanol–water partition coefficient (Wildman–Crippen LogP) is 1.80. The van der Waals surface area contributed by atoms with Crippen molar-refractivity contribution in [2.75, 3.05) is 4.72 Å². The first-order valence-corrected chi connectivity index (χ1v) is 6.76. The highest BCUT2D eigenvalue weighted by Gasteiger charge is 2.24. The van der Waals surface area contributed by atoms with Crippen LogP contribution in [0, 0.1) is 20.8 Å². The summed E-state index contributed by atoms with van der Waals surface area (Å²) in [4.78, 5) is 4.00. The molecule has 0 aliphatic heterocycles. The smallest absolute Gasteiger partial charge is 0.267 e. The molecule has 2 aromatic rings. The van der Waals surface area contributed by atoms with Gasteiger partial charge in [0.05, 0.1) is 11.9 Å². The maximum Gasteiger partial charge on any atom is 0.267 e. The molecule has 0 spiro atoms. The van der Waals surface area contributed by atoms with Gasteiger partial charge in [-0.3, -0.25) is 9.71 Å². The summed E-state index contributed by atoms with van der Waals surface area (Å²) < 4.78 is 31.7. The van der Waals surface area contributed by atoms with Crippen LogP contribution in [0.5, 0.6) is 0 Å². The van der Waals surface area contributed by atoms with Gasteiger partial charge in [-0.05, 0) is 32.4 Å². The number of hydrogen-bond acceptors (Lipinski definition) is 5. The summed E-state index contributed by atoms with van der Waals surface area (Å²) in [6, 6.07) is 1.70. The normalized spacial score (nSPS) is 11.5. The van der Waals surface area contributed by atoms with Crippen molar-refractivity contribution in [1.82, 2.24) is 10.1 Å². The Bertz CT molecular complexity index is 657. The van der Waals surface area contributed by atoms with Gasteiger partial charge in [0.1, 0.15) is 5.69 Å². The Balaban J connectivity index is 2.39. The second-order valence-corrected chi connectivity index (χ2v) is 5.63. The molecule has 1 N–H and O–H groups in total. The van der Waals surface area contributed by atoms with Crippen LogP contribution in [0.4, 0.5) is 5.69 Å². The van der Waals surface area contributed by atoms with Gasteiger partial charge in [-0.1, -0.05) is 5.16 Å². The molecule has 0 saturated heterocycles. The number of aromatic nitrogens is 2. The first-order valence-electron chi connectivity index (χ1n) is 5.27. The fraction of sp³-hybridized carbons (Fsp3) is 0.273. The molecule has 0 saturated carbocycles. The lowest BCUT2D eigenvalue weighted by molar-refractivity contribution is 0.390. The van der Waals surface area contributed by atoms with Crippen LogP contribution in [0.15, 0.2) is 27.9 Å². The van der Waals surface area contributed by atoms with Gasteiger partial charge in [0.2, 0.25) is 0 Å². The van der Waals surface area contributed by atoms with E-state index >= 15 is 0 Å². The third kappa shape index (κ3) is 2.35. The van der Waals surface area contributed by atoms with Gasteiger partial charge < -0.3 is 4.52 Å². The van der Waals surface area contributed by atoms with Crippen LogP contribution in [0.2, 0.25) is 0 Å². The molecule has 0 aliphatic carbocycles. The summed E-state index contributed by atoms with van der Waals surface area (Å²) in [7, 11) is -3.69. The Labute approximate surface area is 105 Å². The average Bonchev–Trinajstić information content (AvgIpc) is 2.58. The maximum atomic E-state index is 12.2. The van der Waals surface area contributed by atoms with Crippen molar-refractivity contribution in [3.05, 3.63) is 35.5 Å². The molecule has 0 aliphatic rings. The van der Waals surface area contributed by atoms with Crippen molar-refractivity contribution in [2.24, 2.45) is 0 Å². The van der Waals surface area contributed by atoms with Gasteiger partial charge in [0, 0.05) is 6.20 Å². The number of hydrogen-bond donors (Lipinski definition) is 1. The fourth-order valence-corrected chi connectivity index (χ4v) is 3.04. The van der Waals surface area contributed by atoms with Crippen LogP contribution in [0.25, 0.3) is 0 Å². The third-order valence-corrected chi connectivity index (χ3v) is 3.99. The minimum absolute atomic E-state index is 0.0732. The van der Waals surface area contributed by atoms with Gasteiger partial charge in [0.25, 0.3) is 10.0 Å². The number of rotatable bonds is 3. The third-order valence-electron chi connectivity index (χ3n) is 2.36. The second-order valence-electron chi connectivity index (χ2n) is 4.01. The SMILES string of the molecule is Cc1cncc(NS(=O)(=O)c2c(C)noc2C)c1. The fourth-order valence-electron chi connectivity index (χ4n) is 1.68. The molecule has 2 heterocycles. The van der Waals surface area contributed by atoms with Crippen LogP contribution >= 0.6 is 0 Å². The molecule has 0 bridgehead atoms. The molecule has 7 heteroatoms. The zero-order valence-corrected chi connectivity index (χ0v) is 11.1. The Kier molecular flexibility index (Phi) is 3.08. The predicted molar refractivity (Wildman–Crippen MR) is 65.8 cm³/mol. The van der Waals surface area contributed by atoms with E-state index < -0.39 is 10.0 Å². The lowest BCUT2D eigenvalue weighted by Crippen LogP contribution is -2.14. The molecule has 0 radical (unpaired) electrons.